The first-order valence-electron chi connectivity index (χ1n) is 7.87. The van der Waals surface area contributed by atoms with Crippen molar-refractivity contribution < 1.29 is 9.53 Å². The highest BCUT2D eigenvalue weighted by Crippen LogP contribution is 2.27. The molecule has 1 aromatic rings. The van der Waals surface area contributed by atoms with Gasteiger partial charge in [-0.2, -0.15) is 0 Å². The minimum atomic E-state index is -0.00465. The zero-order valence-corrected chi connectivity index (χ0v) is 14.2. The summed E-state index contributed by atoms with van der Waals surface area (Å²) in [7, 11) is 0. The molecule has 0 unspecified atom stereocenters. The molecule has 0 atom stereocenters. The van der Waals surface area contributed by atoms with Crippen molar-refractivity contribution >= 4 is 24.0 Å². The van der Waals surface area contributed by atoms with Crippen LogP contribution in [0, 0.1) is 11.8 Å². The number of benzene rings is 1. The molecule has 4 nitrogen and oxygen atoms in total. The van der Waals surface area contributed by atoms with Crippen molar-refractivity contribution in [1.82, 2.24) is 5.32 Å². The smallest absolute Gasteiger partial charge is 0.238 e. The van der Waals surface area contributed by atoms with E-state index in [4.69, 9.17) is 4.74 Å². The van der Waals surface area contributed by atoms with Gasteiger partial charge in [-0.1, -0.05) is 19.9 Å². The predicted molar refractivity (Wildman–Crippen MR) is 92.9 cm³/mol. The third-order valence-electron chi connectivity index (χ3n) is 3.50. The Labute approximate surface area is 139 Å². The second-order valence-corrected chi connectivity index (χ2v) is 6.18. The quantitative estimate of drug-likeness (QED) is 0.730. The van der Waals surface area contributed by atoms with Crippen molar-refractivity contribution in [3.63, 3.8) is 0 Å². The van der Waals surface area contributed by atoms with Crippen LogP contribution in [-0.4, -0.2) is 25.6 Å². The Kier molecular flexibility index (Phi) is 8.28. The van der Waals surface area contributed by atoms with Crippen LogP contribution >= 0.6 is 12.4 Å². The molecule has 0 radical (unpaired) electrons. The Morgan fingerprint density at radius 1 is 1.36 bits per heavy atom. The van der Waals surface area contributed by atoms with Crippen LogP contribution < -0.4 is 15.4 Å². The number of hydrogen-bond acceptors (Lipinski definition) is 3. The van der Waals surface area contributed by atoms with E-state index in [1.807, 2.05) is 24.3 Å². The van der Waals surface area contributed by atoms with E-state index in [9.17, 15) is 4.79 Å². The zero-order valence-electron chi connectivity index (χ0n) is 13.4. The number of rotatable bonds is 9. The van der Waals surface area contributed by atoms with Crippen LogP contribution in [-0.2, 0) is 4.79 Å². The predicted octanol–water partition coefficient (Wildman–Crippen LogP) is 3.47. The summed E-state index contributed by atoms with van der Waals surface area (Å²) < 4.78 is 5.69. The summed E-state index contributed by atoms with van der Waals surface area (Å²) in [5.41, 5.74) is 0.787. The van der Waals surface area contributed by atoms with Gasteiger partial charge in [-0.15, -0.1) is 12.4 Å². The van der Waals surface area contributed by atoms with Crippen LogP contribution in [0.5, 0.6) is 5.75 Å². The van der Waals surface area contributed by atoms with Crippen molar-refractivity contribution in [3.05, 3.63) is 24.3 Å². The van der Waals surface area contributed by atoms with Gasteiger partial charge >= 0.3 is 0 Å². The number of carbonyl (C=O) groups is 1. The highest BCUT2D eigenvalue weighted by Gasteiger charge is 2.20. The molecule has 0 bridgehead atoms. The summed E-state index contributed by atoms with van der Waals surface area (Å²) in [6.07, 6.45) is 3.62. The number of carbonyl (C=O) groups excluding carboxylic acids is 1. The molecule has 0 heterocycles. The average Bonchev–Trinajstić information content (AvgIpc) is 3.23. The van der Waals surface area contributed by atoms with Gasteiger partial charge in [0.1, 0.15) is 5.75 Å². The van der Waals surface area contributed by atoms with Gasteiger partial charge in [0.25, 0.3) is 0 Å². The van der Waals surface area contributed by atoms with E-state index in [1.165, 1.54) is 12.8 Å². The first-order valence-corrected chi connectivity index (χ1v) is 7.87. The maximum atomic E-state index is 11.8. The minimum absolute atomic E-state index is 0. The zero-order chi connectivity index (χ0) is 15.1. The third-order valence-corrected chi connectivity index (χ3v) is 3.50. The van der Waals surface area contributed by atoms with Crippen molar-refractivity contribution in [2.75, 3.05) is 25.0 Å². The van der Waals surface area contributed by atoms with Crippen molar-refractivity contribution in [1.29, 1.82) is 0 Å². The second kappa shape index (κ2) is 9.70. The van der Waals surface area contributed by atoms with E-state index < -0.39 is 0 Å². The van der Waals surface area contributed by atoms with Crippen LogP contribution in [0.2, 0.25) is 0 Å². The molecule has 1 amide bonds. The van der Waals surface area contributed by atoms with Gasteiger partial charge < -0.3 is 15.4 Å². The van der Waals surface area contributed by atoms with Gasteiger partial charge in [-0.25, -0.2) is 0 Å². The van der Waals surface area contributed by atoms with Gasteiger partial charge in [0, 0.05) is 11.8 Å². The molecular formula is C17H27ClN2O2. The SMILES string of the molecule is CC(C)CCOc1cccc(NC(=O)CNCC2CC2)c1.Cl. The lowest BCUT2D eigenvalue weighted by Gasteiger charge is -2.10. The molecule has 1 fully saturated rings. The number of ether oxygens (including phenoxy) is 1. The number of anilines is 1. The molecular weight excluding hydrogens is 300 g/mol. The summed E-state index contributed by atoms with van der Waals surface area (Å²) in [6, 6.07) is 7.58. The number of nitrogens with one attached hydrogen (secondary N) is 2. The second-order valence-electron chi connectivity index (χ2n) is 6.18. The molecule has 0 aliphatic heterocycles. The van der Waals surface area contributed by atoms with E-state index in [1.54, 1.807) is 0 Å². The Balaban J connectivity index is 0.00000242. The van der Waals surface area contributed by atoms with Gasteiger partial charge in [-0.05, 0) is 49.8 Å². The Morgan fingerprint density at radius 2 is 2.14 bits per heavy atom. The first kappa shape index (κ1) is 18.8. The molecule has 0 spiro atoms. The molecule has 0 saturated heterocycles. The lowest BCUT2D eigenvalue weighted by atomic mass is 10.1. The summed E-state index contributed by atoms with van der Waals surface area (Å²) in [6.45, 7) is 6.38. The largest absolute Gasteiger partial charge is 0.494 e. The fourth-order valence-corrected chi connectivity index (χ4v) is 1.99. The van der Waals surface area contributed by atoms with Crippen LogP contribution in [0.3, 0.4) is 0 Å². The number of amides is 1. The normalized spacial score (nSPS) is 13.6. The summed E-state index contributed by atoms with van der Waals surface area (Å²) in [4.78, 5) is 11.8. The van der Waals surface area contributed by atoms with Gasteiger partial charge in [0.05, 0.1) is 13.2 Å². The van der Waals surface area contributed by atoms with Crippen LogP contribution in [0.1, 0.15) is 33.1 Å². The first-order chi connectivity index (χ1) is 10.1. The van der Waals surface area contributed by atoms with Crippen molar-refractivity contribution in [2.45, 2.75) is 33.1 Å². The van der Waals surface area contributed by atoms with Crippen LogP contribution in [0.15, 0.2) is 24.3 Å². The van der Waals surface area contributed by atoms with E-state index >= 15 is 0 Å². The standard InChI is InChI=1S/C17H26N2O2.ClH/c1-13(2)8-9-21-16-5-3-4-15(10-16)19-17(20)12-18-11-14-6-7-14;/h3-5,10,13-14,18H,6-9,11-12H2,1-2H3,(H,19,20);1H. The van der Waals surface area contributed by atoms with Crippen LogP contribution in [0.4, 0.5) is 5.69 Å². The lowest BCUT2D eigenvalue weighted by molar-refractivity contribution is -0.115. The molecule has 1 saturated carbocycles. The van der Waals surface area contributed by atoms with E-state index in [0.29, 0.717) is 19.1 Å². The molecule has 2 rings (SSSR count). The van der Waals surface area contributed by atoms with Gasteiger partial charge in [0.15, 0.2) is 0 Å². The molecule has 5 heteroatoms. The van der Waals surface area contributed by atoms with Crippen molar-refractivity contribution in [3.8, 4) is 5.75 Å². The lowest BCUT2D eigenvalue weighted by Crippen LogP contribution is -2.29. The molecule has 2 N–H and O–H groups in total. The number of hydrogen-bond donors (Lipinski definition) is 2. The average molecular weight is 327 g/mol. The Morgan fingerprint density at radius 3 is 2.82 bits per heavy atom. The molecule has 1 aliphatic carbocycles. The van der Waals surface area contributed by atoms with Gasteiger partial charge in [0.2, 0.25) is 5.91 Å². The monoisotopic (exact) mass is 326 g/mol. The van der Waals surface area contributed by atoms with Crippen LogP contribution in [0.25, 0.3) is 0 Å². The highest BCUT2D eigenvalue weighted by molar-refractivity contribution is 5.92. The van der Waals surface area contributed by atoms with E-state index in [0.717, 1.165) is 30.3 Å². The van der Waals surface area contributed by atoms with Gasteiger partial charge in [-0.3, -0.25) is 4.79 Å². The third kappa shape index (κ3) is 7.66. The summed E-state index contributed by atoms with van der Waals surface area (Å²) in [5.74, 6) is 2.22. The topological polar surface area (TPSA) is 50.4 Å². The molecule has 124 valence electrons. The summed E-state index contributed by atoms with van der Waals surface area (Å²) >= 11 is 0. The highest BCUT2D eigenvalue weighted by atomic mass is 35.5. The Bertz CT molecular complexity index is 462. The maximum Gasteiger partial charge on any atom is 0.238 e. The molecule has 1 aliphatic rings. The van der Waals surface area contributed by atoms with E-state index in [-0.39, 0.29) is 18.3 Å². The fraction of sp³-hybridized carbons (Fsp3) is 0.588. The Hall–Kier alpha value is -1.26. The maximum absolute atomic E-state index is 11.8. The summed E-state index contributed by atoms with van der Waals surface area (Å²) in [5, 5.41) is 6.08. The van der Waals surface area contributed by atoms with Crippen molar-refractivity contribution in [2.24, 2.45) is 11.8 Å². The molecule has 1 aromatic carbocycles. The molecule has 22 heavy (non-hydrogen) atoms. The van der Waals surface area contributed by atoms with E-state index in [2.05, 4.69) is 24.5 Å². The number of halogens is 1. The molecule has 0 aromatic heterocycles. The minimum Gasteiger partial charge on any atom is -0.494 e. The fourth-order valence-electron chi connectivity index (χ4n) is 1.99.